The van der Waals surface area contributed by atoms with Crippen LogP contribution in [-0.4, -0.2) is 54.2 Å². The zero-order valence-corrected chi connectivity index (χ0v) is 16.9. The number of carbonyl (C=O) groups is 1. The van der Waals surface area contributed by atoms with Crippen LogP contribution < -0.4 is 5.32 Å². The van der Waals surface area contributed by atoms with Crippen LogP contribution in [0.4, 0.5) is 5.82 Å². The van der Waals surface area contributed by atoms with Gasteiger partial charge in [0.1, 0.15) is 24.8 Å². The van der Waals surface area contributed by atoms with Gasteiger partial charge in [-0.15, -0.1) is 0 Å². The molecular formula is C18H20N5O6P. The van der Waals surface area contributed by atoms with Gasteiger partial charge in [-0.1, -0.05) is 25.1 Å². The zero-order chi connectivity index (χ0) is 21.3. The van der Waals surface area contributed by atoms with E-state index in [0.29, 0.717) is 16.7 Å². The molecule has 5 atom stereocenters. The van der Waals surface area contributed by atoms with Gasteiger partial charge in [-0.25, -0.2) is 15.0 Å². The van der Waals surface area contributed by atoms with Crippen molar-refractivity contribution in [2.75, 3.05) is 11.9 Å². The molecule has 3 aromatic rings. The molecule has 1 fully saturated rings. The Morgan fingerprint density at radius 1 is 1.30 bits per heavy atom. The number of anilines is 1. The Bertz CT molecular complexity index is 1080. The molecule has 3 heterocycles. The molecule has 1 aliphatic rings. The number of nitrogens with one attached hydrogen (secondary N) is 1. The van der Waals surface area contributed by atoms with Crippen molar-refractivity contribution in [1.82, 2.24) is 19.5 Å². The number of aliphatic hydroxyl groups is 1. The molecule has 0 saturated carbocycles. The highest BCUT2D eigenvalue weighted by atomic mass is 31.1. The van der Waals surface area contributed by atoms with E-state index in [1.54, 1.807) is 35.8 Å². The molecule has 2 aromatic heterocycles. The molecule has 158 valence electrons. The summed E-state index contributed by atoms with van der Waals surface area (Å²) in [4.78, 5) is 34.3. The summed E-state index contributed by atoms with van der Waals surface area (Å²) in [6.07, 6.45) is 0.587. The highest BCUT2D eigenvalue weighted by Gasteiger charge is 2.44. The largest absolute Gasteiger partial charge is 0.394 e. The third-order valence-corrected chi connectivity index (χ3v) is 5.44. The lowest BCUT2D eigenvalue weighted by Gasteiger charge is -2.19. The van der Waals surface area contributed by atoms with Crippen molar-refractivity contribution in [3.05, 3.63) is 48.5 Å². The Labute approximate surface area is 171 Å². The number of hydrogen-bond donors (Lipinski definition) is 3. The second-order valence-electron chi connectivity index (χ2n) is 6.82. The van der Waals surface area contributed by atoms with Gasteiger partial charge in [0.15, 0.2) is 17.0 Å². The number of carbonyl (C=O) groups excluding carboxylic acids is 1. The highest BCUT2D eigenvalue weighted by Crippen LogP contribution is 2.41. The summed E-state index contributed by atoms with van der Waals surface area (Å²) >= 11 is 0. The maximum Gasteiger partial charge on any atom is 0.316 e. The topological polar surface area (TPSA) is 149 Å². The lowest BCUT2D eigenvalue weighted by Crippen LogP contribution is -2.29. The Kier molecular flexibility index (Phi) is 5.89. The second kappa shape index (κ2) is 8.58. The lowest BCUT2D eigenvalue weighted by molar-refractivity contribution is -0.0417. The lowest BCUT2D eigenvalue weighted by atomic mass is 10.0. The van der Waals surface area contributed by atoms with E-state index < -0.39 is 26.7 Å². The molecule has 1 aromatic carbocycles. The van der Waals surface area contributed by atoms with Crippen LogP contribution in [0.5, 0.6) is 0 Å². The van der Waals surface area contributed by atoms with Crippen molar-refractivity contribution in [3.8, 4) is 0 Å². The highest BCUT2D eigenvalue weighted by molar-refractivity contribution is 7.32. The number of aromatic nitrogens is 4. The van der Waals surface area contributed by atoms with Gasteiger partial charge in [0.05, 0.1) is 12.9 Å². The predicted molar refractivity (Wildman–Crippen MR) is 106 cm³/mol. The van der Waals surface area contributed by atoms with Crippen LogP contribution >= 0.6 is 8.25 Å². The van der Waals surface area contributed by atoms with Gasteiger partial charge in [-0.2, -0.15) is 0 Å². The third-order valence-electron chi connectivity index (χ3n) is 4.97. The number of amides is 1. The standard InChI is InChI=1S/C18H20N5O6P/c1-10-14(29-30(26)27)12(7-24)28-18(10)23-9-21-13-15(19-8-20-16(13)23)22-17(25)11-5-3-2-4-6-11/h2-6,8-10,12,14,18,24,30H,7H2,1H3,(H,26,27)(H,19,20,22,25)/t10-,12-,14+,18-/m1/s1. The number of ether oxygens (including phenoxy) is 1. The number of imidazole rings is 1. The smallest absolute Gasteiger partial charge is 0.316 e. The van der Waals surface area contributed by atoms with Crippen LogP contribution in [0, 0.1) is 5.92 Å². The van der Waals surface area contributed by atoms with E-state index in [-0.39, 0.29) is 24.2 Å². The average Bonchev–Trinajstić information content (AvgIpc) is 3.30. The average molecular weight is 433 g/mol. The molecule has 3 N–H and O–H groups in total. The van der Waals surface area contributed by atoms with Gasteiger partial charge in [-0.05, 0) is 12.1 Å². The van der Waals surface area contributed by atoms with Gasteiger partial charge >= 0.3 is 8.25 Å². The normalized spacial score (nSPS) is 24.8. The predicted octanol–water partition coefficient (Wildman–Crippen LogP) is 1.37. The molecule has 1 amide bonds. The van der Waals surface area contributed by atoms with Crippen LogP contribution in [-0.2, 0) is 13.8 Å². The Balaban J connectivity index is 1.63. The van der Waals surface area contributed by atoms with Crippen LogP contribution in [0.1, 0.15) is 23.5 Å². The van der Waals surface area contributed by atoms with Gasteiger partial charge in [0.2, 0.25) is 0 Å². The van der Waals surface area contributed by atoms with E-state index in [1.807, 2.05) is 6.07 Å². The second-order valence-corrected chi connectivity index (χ2v) is 7.59. The van der Waals surface area contributed by atoms with Gasteiger partial charge < -0.3 is 24.6 Å². The number of fused-ring (bicyclic) bond motifs is 1. The van der Waals surface area contributed by atoms with Gasteiger partial charge in [0, 0.05) is 11.5 Å². The molecule has 11 nitrogen and oxygen atoms in total. The van der Waals surface area contributed by atoms with Crippen molar-refractivity contribution >= 4 is 31.1 Å². The Hall–Kier alpha value is -2.69. The minimum atomic E-state index is -3.21. The minimum absolute atomic E-state index is 0.241. The molecule has 4 rings (SSSR count). The van der Waals surface area contributed by atoms with E-state index in [1.165, 1.54) is 12.7 Å². The molecule has 30 heavy (non-hydrogen) atoms. The SMILES string of the molecule is C[C@@H]1[C@H](O[PH](=O)O)[C@@H](CO)O[C@H]1n1cnc2c(NC(=O)c3ccccc3)ncnc21. The number of benzene rings is 1. The first-order valence-corrected chi connectivity index (χ1v) is 10.5. The molecule has 0 aliphatic carbocycles. The maximum absolute atomic E-state index is 12.5. The minimum Gasteiger partial charge on any atom is -0.394 e. The molecule has 1 unspecified atom stereocenters. The van der Waals surface area contributed by atoms with E-state index >= 15 is 0 Å². The summed E-state index contributed by atoms with van der Waals surface area (Å²) in [5.41, 5.74) is 1.24. The molecule has 12 heteroatoms. The zero-order valence-electron chi connectivity index (χ0n) is 15.9. The monoisotopic (exact) mass is 433 g/mol. The van der Waals surface area contributed by atoms with Crippen molar-refractivity contribution in [1.29, 1.82) is 0 Å². The van der Waals surface area contributed by atoms with Crippen LogP contribution in [0.2, 0.25) is 0 Å². The quantitative estimate of drug-likeness (QED) is 0.490. The van der Waals surface area contributed by atoms with E-state index in [0.717, 1.165) is 0 Å². The molecule has 0 bridgehead atoms. The summed E-state index contributed by atoms with van der Waals surface area (Å²) in [7, 11) is -3.21. The van der Waals surface area contributed by atoms with Crippen molar-refractivity contribution < 1.29 is 28.6 Å². The summed E-state index contributed by atoms with van der Waals surface area (Å²) in [6.45, 7) is 1.40. The van der Waals surface area contributed by atoms with Gasteiger partial charge in [0.25, 0.3) is 5.91 Å². The van der Waals surface area contributed by atoms with Crippen LogP contribution in [0.15, 0.2) is 43.0 Å². The number of rotatable bonds is 6. The third kappa shape index (κ3) is 3.85. The first-order valence-electron chi connectivity index (χ1n) is 9.19. The summed E-state index contributed by atoms with van der Waals surface area (Å²) in [6, 6.07) is 8.70. The number of aliphatic hydroxyl groups excluding tert-OH is 1. The molecule has 0 radical (unpaired) electrons. The first-order chi connectivity index (χ1) is 14.5. The summed E-state index contributed by atoms with van der Waals surface area (Å²) in [5.74, 6) is -0.472. The maximum atomic E-state index is 12.5. The molecule has 1 saturated heterocycles. The fraction of sp³-hybridized carbons (Fsp3) is 0.333. The Morgan fingerprint density at radius 3 is 2.77 bits per heavy atom. The number of hydrogen-bond acceptors (Lipinski definition) is 8. The van der Waals surface area contributed by atoms with Gasteiger partial charge in [-0.3, -0.25) is 13.9 Å². The molecule has 1 aliphatic heterocycles. The summed E-state index contributed by atoms with van der Waals surface area (Å²) in [5, 5.41) is 12.3. The molecular weight excluding hydrogens is 413 g/mol. The molecule has 0 spiro atoms. The van der Waals surface area contributed by atoms with E-state index in [2.05, 4.69) is 20.3 Å². The van der Waals surface area contributed by atoms with Crippen molar-refractivity contribution in [3.63, 3.8) is 0 Å². The fourth-order valence-corrected chi connectivity index (χ4v) is 4.14. The Morgan fingerprint density at radius 2 is 2.07 bits per heavy atom. The van der Waals surface area contributed by atoms with E-state index in [9.17, 15) is 14.5 Å². The summed E-state index contributed by atoms with van der Waals surface area (Å²) < 4.78 is 23.7. The fourth-order valence-electron chi connectivity index (χ4n) is 3.55. The van der Waals surface area contributed by atoms with E-state index in [4.69, 9.17) is 14.2 Å². The van der Waals surface area contributed by atoms with Crippen molar-refractivity contribution in [2.24, 2.45) is 5.92 Å². The van der Waals surface area contributed by atoms with Crippen LogP contribution in [0.25, 0.3) is 11.2 Å². The number of nitrogens with zero attached hydrogens (tertiary/aromatic N) is 4. The first kappa shape index (κ1) is 20.6. The van der Waals surface area contributed by atoms with Crippen molar-refractivity contribution in [2.45, 2.75) is 25.4 Å². The van der Waals surface area contributed by atoms with Crippen LogP contribution in [0.3, 0.4) is 0 Å².